The first-order valence-electron chi connectivity index (χ1n) is 8.94. The third kappa shape index (κ3) is 4.11. The maximum absolute atomic E-state index is 12.6. The molecule has 0 aliphatic carbocycles. The van der Waals surface area contributed by atoms with E-state index in [-0.39, 0.29) is 11.7 Å². The highest BCUT2D eigenvalue weighted by Crippen LogP contribution is 2.16. The molecule has 0 spiro atoms. The molecule has 0 bridgehead atoms. The van der Waals surface area contributed by atoms with Crippen molar-refractivity contribution in [2.75, 3.05) is 17.7 Å². The van der Waals surface area contributed by atoms with E-state index in [0.717, 1.165) is 11.3 Å². The molecule has 0 fully saturated rings. The molecule has 2 aromatic carbocycles. The molecule has 4 rings (SSSR count). The predicted molar refractivity (Wildman–Crippen MR) is 109 cm³/mol. The van der Waals surface area contributed by atoms with Crippen LogP contribution in [0.3, 0.4) is 0 Å². The van der Waals surface area contributed by atoms with Crippen molar-refractivity contribution in [3.8, 4) is 11.5 Å². The van der Waals surface area contributed by atoms with Crippen LogP contribution in [0.25, 0.3) is 5.65 Å². The van der Waals surface area contributed by atoms with Gasteiger partial charge in [0, 0.05) is 12.2 Å². The summed E-state index contributed by atoms with van der Waals surface area (Å²) < 4.78 is 6.65. The first-order valence-corrected chi connectivity index (χ1v) is 8.94. The Labute approximate surface area is 166 Å². The molecule has 29 heavy (non-hydrogen) atoms. The normalized spacial score (nSPS) is 10.7. The fourth-order valence-corrected chi connectivity index (χ4v) is 2.80. The summed E-state index contributed by atoms with van der Waals surface area (Å²) in [7, 11) is 1.63. The zero-order chi connectivity index (χ0) is 20.2. The molecular weight excluding hydrogens is 370 g/mol. The minimum atomic E-state index is -0.344. The molecular formula is C21H19N5O3. The maximum Gasteiger partial charge on any atom is 0.276 e. The van der Waals surface area contributed by atoms with Crippen molar-refractivity contribution in [1.82, 2.24) is 14.6 Å². The number of rotatable bonds is 6. The van der Waals surface area contributed by atoms with E-state index < -0.39 is 0 Å². The Balaban J connectivity index is 1.50. The van der Waals surface area contributed by atoms with Gasteiger partial charge in [-0.15, -0.1) is 5.10 Å². The van der Waals surface area contributed by atoms with E-state index in [4.69, 9.17) is 4.74 Å². The number of anilines is 2. The Morgan fingerprint density at radius 3 is 2.55 bits per heavy atom. The van der Waals surface area contributed by atoms with Gasteiger partial charge in [0.05, 0.1) is 13.3 Å². The van der Waals surface area contributed by atoms with Gasteiger partial charge in [-0.05, 0) is 54.1 Å². The Hall–Kier alpha value is -4.07. The van der Waals surface area contributed by atoms with Crippen LogP contribution < -0.4 is 15.4 Å². The number of carbonyl (C=O) groups excluding carboxylic acids is 1. The molecule has 1 amide bonds. The number of benzene rings is 2. The van der Waals surface area contributed by atoms with E-state index in [1.54, 1.807) is 25.3 Å². The fraction of sp³-hybridized carbons (Fsp3) is 0.0952. The third-order valence-electron chi connectivity index (χ3n) is 4.35. The number of carbonyl (C=O) groups is 1. The summed E-state index contributed by atoms with van der Waals surface area (Å²) in [5, 5.41) is 19.8. The van der Waals surface area contributed by atoms with Crippen LogP contribution in [0.5, 0.6) is 11.5 Å². The van der Waals surface area contributed by atoms with E-state index in [0.29, 0.717) is 29.4 Å². The third-order valence-corrected chi connectivity index (χ3v) is 4.35. The minimum Gasteiger partial charge on any atom is -0.508 e. The Morgan fingerprint density at radius 1 is 1.07 bits per heavy atom. The number of nitrogens with zero attached hydrogens (tertiary/aromatic N) is 3. The molecule has 0 aliphatic rings. The second kappa shape index (κ2) is 7.89. The summed E-state index contributed by atoms with van der Waals surface area (Å²) in [6.45, 7) is 0.576. The molecule has 2 heterocycles. The van der Waals surface area contributed by atoms with Crippen molar-refractivity contribution >= 4 is 23.1 Å². The lowest BCUT2D eigenvalue weighted by molar-refractivity contribution is 0.102. The van der Waals surface area contributed by atoms with Crippen LogP contribution in [0, 0.1) is 0 Å². The van der Waals surface area contributed by atoms with Crippen molar-refractivity contribution in [2.24, 2.45) is 0 Å². The largest absolute Gasteiger partial charge is 0.508 e. The molecule has 0 saturated carbocycles. The van der Waals surface area contributed by atoms with E-state index in [2.05, 4.69) is 20.7 Å². The molecule has 4 aromatic rings. The first-order chi connectivity index (χ1) is 14.1. The fourth-order valence-electron chi connectivity index (χ4n) is 2.80. The molecule has 3 N–H and O–H groups in total. The lowest BCUT2D eigenvalue weighted by Crippen LogP contribution is -2.15. The number of methoxy groups -OCH3 is 1. The van der Waals surface area contributed by atoms with Gasteiger partial charge in [-0.25, -0.2) is 9.50 Å². The average molecular weight is 389 g/mol. The monoisotopic (exact) mass is 389 g/mol. The summed E-state index contributed by atoms with van der Waals surface area (Å²) in [4.78, 5) is 16.9. The van der Waals surface area contributed by atoms with Gasteiger partial charge < -0.3 is 20.5 Å². The van der Waals surface area contributed by atoms with E-state index in [1.165, 1.54) is 22.8 Å². The van der Waals surface area contributed by atoms with Crippen LogP contribution in [-0.4, -0.2) is 32.7 Å². The first kappa shape index (κ1) is 18.3. The van der Waals surface area contributed by atoms with Crippen LogP contribution in [0.1, 0.15) is 16.1 Å². The second-order valence-electron chi connectivity index (χ2n) is 6.33. The molecule has 8 nitrogen and oxygen atoms in total. The average Bonchev–Trinajstić information content (AvgIpc) is 3.17. The zero-order valence-electron chi connectivity index (χ0n) is 15.7. The van der Waals surface area contributed by atoms with Gasteiger partial charge in [-0.1, -0.05) is 12.1 Å². The molecule has 0 atom stereocenters. The lowest BCUT2D eigenvalue weighted by atomic mass is 10.2. The topological polar surface area (TPSA) is 101 Å². The summed E-state index contributed by atoms with van der Waals surface area (Å²) in [5.74, 6) is 1.20. The number of aromatic hydroxyl groups is 1. The van der Waals surface area contributed by atoms with Gasteiger partial charge in [-0.2, -0.15) is 0 Å². The molecule has 8 heteroatoms. The summed E-state index contributed by atoms with van der Waals surface area (Å²) in [6, 6.07) is 17.6. The highest BCUT2D eigenvalue weighted by atomic mass is 16.5. The van der Waals surface area contributed by atoms with Gasteiger partial charge in [0.2, 0.25) is 0 Å². The molecule has 0 radical (unpaired) electrons. The maximum atomic E-state index is 12.6. The van der Waals surface area contributed by atoms with Crippen LogP contribution in [0.4, 0.5) is 11.5 Å². The number of phenolic OH excluding ortho intramolecular Hbond substituents is 1. The van der Waals surface area contributed by atoms with Gasteiger partial charge in [0.15, 0.2) is 11.3 Å². The van der Waals surface area contributed by atoms with Crippen molar-refractivity contribution in [3.05, 3.63) is 78.1 Å². The predicted octanol–water partition coefficient (Wildman–Crippen LogP) is 3.31. The number of amides is 1. The number of imidazole rings is 1. The highest BCUT2D eigenvalue weighted by Gasteiger charge is 2.14. The number of aromatic nitrogens is 3. The SMILES string of the molecule is COc1ccc(CNc2ccc3ncc(C(=O)Nc4ccc(O)cc4)n3n2)cc1. The van der Waals surface area contributed by atoms with Crippen molar-refractivity contribution in [2.45, 2.75) is 6.54 Å². The smallest absolute Gasteiger partial charge is 0.276 e. The summed E-state index contributed by atoms with van der Waals surface area (Å²) in [5.41, 5.74) is 2.51. The van der Waals surface area contributed by atoms with E-state index in [9.17, 15) is 9.90 Å². The summed E-state index contributed by atoms with van der Waals surface area (Å²) in [6.07, 6.45) is 1.48. The van der Waals surface area contributed by atoms with Crippen LogP contribution in [-0.2, 0) is 6.54 Å². The van der Waals surface area contributed by atoms with Crippen LogP contribution in [0.15, 0.2) is 66.9 Å². The molecule has 0 saturated heterocycles. The van der Waals surface area contributed by atoms with Crippen LogP contribution in [0.2, 0.25) is 0 Å². The Bertz CT molecular complexity index is 1140. The van der Waals surface area contributed by atoms with Crippen molar-refractivity contribution in [1.29, 1.82) is 0 Å². The molecule has 0 unspecified atom stereocenters. The minimum absolute atomic E-state index is 0.132. The van der Waals surface area contributed by atoms with Crippen molar-refractivity contribution in [3.63, 3.8) is 0 Å². The summed E-state index contributed by atoms with van der Waals surface area (Å²) >= 11 is 0. The number of fused-ring (bicyclic) bond motifs is 1. The quantitative estimate of drug-likeness (QED) is 0.438. The van der Waals surface area contributed by atoms with Gasteiger partial charge in [0.1, 0.15) is 17.3 Å². The second-order valence-corrected chi connectivity index (χ2v) is 6.33. The Morgan fingerprint density at radius 2 is 1.83 bits per heavy atom. The lowest BCUT2D eigenvalue weighted by Gasteiger charge is -2.08. The Kier molecular flexibility index (Phi) is 4.98. The molecule has 2 aromatic heterocycles. The zero-order valence-corrected chi connectivity index (χ0v) is 15.7. The van der Waals surface area contributed by atoms with Gasteiger partial charge >= 0.3 is 0 Å². The van der Waals surface area contributed by atoms with Crippen LogP contribution >= 0.6 is 0 Å². The number of hydrogen-bond donors (Lipinski definition) is 3. The van der Waals surface area contributed by atoms with E-state index >= 15 is 0 Å². The highest BCUT2D eigenvalue weighted by molar-refractivity contribution is 6.03. The number of phenols is 1. The van der Waals surface area contributed by atoms with Gasteiger partial charge in [0.25, 0.3) is 5.91 Å². The van der Waals surface area contributed by atoms with E-state index in [1.807, 2.05) is 30.3 Å². The molecule has 146 valence electrons. The van der Waals surface area contributed by atoms with Gasteiger partial charge in [-0.3, -0.25) is 4.79 Å². The standard InChI is InChI=1S/C21H19N5O3/c1-29-17-8-2-14(3-9-17)12-22-19-10-11-20-23-13-18(26(20)25-19)21(28)24-15-4-6-16(27)7-5-15/h2-11,13,27H,12H2,1H3,(H,22,25)(H,24,28). The number of nitrogens with one attached hydrogen (secondary N) is 2. The molecule has 0 aliphatic heterocycles. The van der Waals surface area contributed by atoms with Crippen molar-refractivity contribution < 1.29 is 14.6 Å². The number of hydrogen-bond acceptors (Lipinski definition) is 6. The number of ether oxygens (including phenoxy) is 1.